The van der Waals surface area contributed by atoms with Crippen LogP contribution in [0.25, 0.3) is 0 Å². The molecule has 0 saturated carbocycles. The maximum Gasteiger partial charge on any atom is 0.245 e. The van der Waals surface area contributed by atoms with Gasteiger partial charge >= 0.3 is 0 Å². The Morgan fingerprint density at radius 1 is 1.05 bits per heavy atom. The van der Waals surface area contributed by atoms with Crippen molar-refractivity contribution in [2.45, 2.75) is 44.6 Å². The standard InChI is InChI=1S/C17H21FN2O2/c18-13-5-7-14(8-6-13)20-15(9-10-16(20)21)17(22)19-11-3-1-2-4-12-19/h5-8,15H,1-4,9-12H2. The summed E-state index contributed by atoms with van der Waals surface area (Å²) in [6.07, 6.45) is 5.31. The van der Waals surface area contributed by atoms with Crippen LogP contribution in [0.1, 0.15) is 38.5 Å². The molecule has 1 aromatic carbocycles. The van der Waals surface area contributed by atoms with E-state index in [9.17, 15) is 14.0 Å². The second-order valence-electron chi connectivity index (χ2n) is 6.03. The molecule has 118 valence electrons. The molecule has 1 atom stereocenters. The van der Waals surface area contributed by atoms with Gasteiger partial charge in [-0.2, -0.15) is 0 Å². The summed E-state index contributed by atoms with van der Waals surface area (Å²) < 4.78 is 13.1. The fourth-order valence-electron chi connectivity index (χ4n) is 3.34. The number of carbonyl (C=O) groups excluding carboxylic acids is 2. The molecule has 22 heavy (non-hydrogen) atoms. The van der Waals surface area contributed by atoms with Crippen LogP contribution < -0.4 is 4.90 Å². The van der Waals surface area contributed by atoms with Crippen molar-refractivity contribution in [2.24, 2.45) is 0 Å². The quantitative estimate of drug-likeness (QED) is 0.843. The third-order valence-corrected chi connectivity index (χ3v) is 4.52. The Hall–Kier alpha value is -1.91. The fourth-order valence-corrected chi connectivity index (χ4v) is 3.34. The van der Waals surface area contributed by atoms with Gasteiger partial charge in [0.05, 0.1) is 0 Å². The number of rotatable bonds is 2. The summed E-state index contributed by atoms with van der Waals surface area (Å²) in [5.74, 6) is -0.359. The van der Waals surface area contributed by atoms with Crippen LogP contribution in [-0.2, 0) is 9.59 Å². The van der Waals surface area contributed by atoms with Crippen molar-refractivity contribution in [3.8, 4) is 0 Å². The molecule has 5 heteroatoms. The summed E-state index contributed by atoms with van der Waals surface area (Å²) in [6, 6.07) is 5.36. The SMILES string of the molecule is O=C(C1CCC(=O)N1c1ccc(F)cc1)N1CCCCCC1. The van der Waals surface area contributed by atoms with Gasteiger partial charge in [0.1, 0.15) is 11.9 Å². The number of anilines is 1. The monoisotopic (exact) mass is 304 g/mol. The molecule has 4 nitrogen and oxygen atoms in total. The molecule has 0 aromatic heterocycles. The zero-order valence-electron chi connectivity index (χ0n) is 12.6. The van der Waals surface area contributed by atoms with Crippen LogP contribution in [0.4, 0.5) is 10.1 Å². The van der Waals surface area contributed by atoms with Gasteiger partial charge in [0, 0.05) is 25.2 Å². The molecule has 1 aromatic rings. The minimum atomic E-state index is -0.434. The van der Waals surface area contributed by atoms with Crippen LogP contribution in [0, 0.1) is 5.82 Å². The van der Waals surface area contributed by atoms with Crippen molar-refractivity contribution in [3.05, 3.63) is 30.1 Å². The van der Waals surface area contributed by atoms with Gasteiger partial charge in [-0.1, -0.05) is 12.8 Å². The zero-order chi connectivity index (χ0) is 15.5. The average molecular weight is 304 g/mol. The normalized spacial score (nSPS) is 22.8. The van der Waals surface area contributed by atoms with Gasteiger partial charge in [0.2, 0.25) is 11.8 Å². The first kappa shape index (κ1) is 15.0. The van der Waals surface area contributed by atoms with Crippen LogP contribution in [0.5, 0.6) is 0 Å². The predicted octanol–water partition coefficient (Wildman–Crippen LogP) is 2.72. The van der Waals surface area contributed by atoms with Crippen LogP contribution in [-0.4, -0.2) is 35.8 Å². The summed E-state index contributed by atoms with van der Waals surface area (Å²) >= 11 is 0. The Morgan fingerprint density at radius 3 is 2.32 bits per heavy atom. The fraction of sp³-hybridized carbons (Fsp3) is 0.529. The van der Waals surface area contributed by atoms with E-state index in [1.54, 1.807) is 17.0 Å². The van der Waals surface area contributed by atoms with E-state index in [1.807, 2.05) is 4.90 Å². The molecule has 0 radical (unpaired) electrons. The lowest BCUT2D eigenvalue weighted by atomic mass is 10.1. The molecule has 0 N–H and O–H groups in total. The highest BCUT2D eigenvalue weighted by molar-refractivity contribution is 6.03. The van der Waals surface area contributed by atoms with Gasteiger partial charge in [-0.25, -0.2) is 4.39 Å². The van der Waals surface area contributed by atoms with E-state index in [4.69, 9.17) is 0 Å². The third kappa shape index (κ3) is 2.98. The van der Waals surface area contributed by atoms with Crippen molar-refractivity contribution in [3.63, 3.8) is 0 Å². The van der Waals surface area contributed by atoms with Crippen molar-refractivity contribution in [1.82, 2.24) is 4.90 Å². The molecular formula is C17H21FN2O2. The van der Waals surface area contributed by atoms with Crippen molar-refractivity contribution >= 4 is 17.5 Å². The molecule has 0 aliphatic carbocycles. The number of hydrogen-bond acceptors (Lipinski definition) is 2. The zero-order valence-corrected chi connectivity index (χ0v) is 12.6. The van der Waals surface area contributed by atoms with E-state index < -0.39 is 6.04 Å². The summed E-state index contributed by atoms with van der Waals surface area (Å²) in [5.41, 5.74) is 0.608. The molecule has 2 heterocycles. The molecule has 2 fully saturated rings. The van der Waals surface area contributed by atoms with Crippen molar-refractivity contribution in [2.75, 3.05) is 18.0 Å². The number of likely N-dealkylation sites (tertiary alicyclic amines) is 1. The highest BCUT2D eigenvalue weighted by Crippen LogP contribution is 2.28. The van der Waals surface area contributed by atoms with Gasteiger partial charge < -0.3 is 4.90 Å². The van der Waals surface area contributed by atoms with Crippen LogP contribution in [0.2, 0.25) is 0 Å². The second-order valence-corrected chi connectivity index (χ2v) is 6.03. The summed E-state index contributed by atoms with van der Waals surface area (Å²) in [5, 5.41) is 0. The lowest BCUT2D eigenvalue weighted by Crippen LogP contribution is -2.47. The molecule has 2 aliphatic rings. The Morgan fingerprint density at radius 2 is 1.68 bits per heavy atom. The number of halogens is 1. The largest absolute Gasteiger partial charge is 0.341 e. The Kier molecular flexibility index (Phi) is 4.41. The lowest BCUT2D eigenvalue weighted by molar-refractivity contribution is -0.133. The minimum Gasteiger partial charge on any atom is -0.341 e. The molecule has 3 rings (SSSR count). The molecular weight excluding hydrogens is 283 g/mol. The first-order valence-electron chi connectivity index (χ1n) is 8.03. The molecule has 2 amide bonds. The van der Waals surface area contributed by atoms with Gasteiger partial charge in [0.25, 0.3) is 0 Å². The first-order chi connectivity index (χ1) is 10.7. The number of carbonyl (C=O) groups is 2. The molecule has 0 spiro atoms. The lowest BCUT2D eigenvalue weighted by Gasteiger charge is -2.29. The third-order valence-electron chi connectivity index (χ3n) is 4.52. The minimum absolute atomic E-state index is 0.0390. The summed E-state index contributed by atoms with van der Waals surface area (Å²) in [4.78, 5) is 28.4. The van der Waals surface area contributed by atoms with Gasteiger partial charge in [-0.3, -0.25) is 14.5 Å². The number of nitrogens with zero attached hydrogens (tertiary/aromatic N) is 2. The highest BCUT2D eigenvalue weighted by Gasteiger charge is 2.39. The van der Waals surface area contributed by atoms with Gasteiger partial charge in [-0.15, -0.1) is 0 Å². The van der Waals surface area contributed by atoms with E-state index >= 15 is 0 Å². The predicted molar refractivity (Wildman–Crippen MR) is 82.0 cm³/mol. The maximum atomic E-state index is 13.1. The Labute approximate surface area is 129 Å². The molecule has 1 unspecified atom stereocenters. The molecule has 0 bridgehead atoms. The van der Waals surface area contributed by atoms with Crippen molar-refractivity contribution < 1.29 is 14.0 Å². The van der Waals surface area contributed by atoms with Crippen LogP contribution in [0.15, 0.2) is 24.3 Å². The van der Waals surface area contributed by atoms with Gasteiger partial charge in [0.15, 0.2) is 0 Å². The van der Waals surface area contributed by atoms with Gasteiger partial charge in [-0.05, 0) is 43.5 Å². The maximum absolute atomic E-state index is 13.1. The van der Waals surface area contributed by atoms with Crippen LogP contribution in [0.3, 0.4) is 0 Å². The number of amides is 2. The van der Waals surface area contributed by atoms with E-state index in [0.29, 0.717) is 18.5 Å². The smallest absolute Gasteiger partial charge is 0.245 e. The summed E-state index contributed by atoms with van der Waals surface area (Å²) in [6.45, 7) is 1.56. The molecule has 2 saturated heterocycles. The van der Waals surface area contributed by atoms with E-state index in [-0.39, 0.29) is 17.6 Å². The average Bonchev–Trinajstić information content (AvgIpc) is 2.75. The van der Waals surface area contributed by atoms with Crippen molar-refractivity contribution in [1.29, 1.82) is 0 Å². The number of benzene rings is 1. The second kappa shape index (κ2) is 6.46. The molecule has 2 aliphatic heterocycles. The van der Waals surface area contributed by atoms with E-state index in [2.05, 4.69) is 0 Å². The first-order valence-corrected chi connectivity index (χ1v) is 8.03. The Balaban J connectivity index is 1.80. The topological polar surface area (TPSA) is 40.6 Å². The number of hydrogen-bond donors (Lipinski definition) is 0. The van der Waals surface area contributed by atoms with E-state index in [0.717, 1.165) is 38.8 Å². The highest BCUT2D eigenvalue weighted by atomic mass is 19.1. The Bertz CT molecular complexity index is 550. The van der Waals surface area contributed by atoms with E-state index in [1.165, 1.54) is 12.1 Å². The summed E-state index contributed by atoms with van der Waals surface area (Å²) in [7, 11) is 0. The van der Waals surface area contributed by atoms with Crippen LogP contribution >= 0.6 is 0 Å².